The zero-order valence-corrected chi connectivity index (χ0v) is 16.1. The van der Waals surface area contributed by atoms with Gasteiger partial charge in [0.1, 0.15) is 5.82 Å². The molecule has 1 aliphatic carbocycles. The van der Waals surface area contributed by atoms with Crippen molar-refractivity contribution in [2.75, 3.05) is 25.5 Å². The zero-order chi connectivity index (χ0) is 18.1. The van der Waals surface area contributed by atoms with Crippen molar-refractivity contribution in [3.05, 3.63) is 17.1 Å². The van der Waals surface area contributed by atoms with E-state index in [2.05, 4.69) is 17.3 Å². The molecule has 0 radical (unpaired) electrons. The van der Waals surface area contributed by atoms with Gasteiger partial charge in [0.15, 0.2) is 5.82 Å². The Labute approximate surface area is 156 Å². The summed E-state index contributed by atoms with van der Waals surface area (Å²) in [5.74, 6) is 2.02. The Morgan fingerprint density at radius 1 is 1.08 bits per heavy atom. The van der Waals surface area contributed by atoms with Gasteiger partial charge in [-0.1, -0.05) is 12.8 Å². The first-order valence-corrected chi connectivity index (χ1v) is 10.2. The smallest absolute Gasteiger partial charge is 0.220 e. The van der Waals surface area contributed by atoms with Crippen molar-refractivity contribution >= 4 is 11.7 Å². The number of rotatable bonds is 3. The summed E-state index contributed by atoms with van der Waals surface area (Å²) in [7, 11) is 2.16. The van der Waals surface area contributed by atoms with E-state index >= 15 is 0 Å². The predicted octanol–water partition coefficient (Wildman–Crippen LogP) is 2.89. The minimum atomic E-state index is 0.0373. The Balaban J connectivity index is 1.69. The standard InChI is InChI=1S/C20H31N5O/c1-14(26)25-11-6-5-9-18(25)20-22-17-10-12-24(2)13-16(17)19(23-20)21-15-7-3-4-8-15/h15,18H,3-13H2,1-2H3,(H,21,22,23). The van der Waals surface area contributed by atoms with Gasteiger partial charge in [-0.05, 0) is 39.2 Å². The van der Waals surface area contributed by atoms with Gasteiger partial charge >= 0.3 is 0 Å². The van der Waals surface area contributed by atoms with Crippen LogP contribution in [0.3, 0.4) is 0 Å². The molecule has 6 heteroatoms. The van der Waals surface area contributed by atoms with Crippen molar-refractivity contribution in [2.24, 2.45) is 0 Å². The Morgan fingerprint density at radius 3 is 2.62 bits per heavy atom. The molecule has 142 valence electrons. The molecule has 1 saturated heterocycles. The number of nitrogens with zero attached hydrogens (tertiary/aromatic N) is 4. The molecule has 26 heavy (non-hydrogen) atoms. The number of hydrogen-bond donors (Lipinski definition) is 1. The van der Waals surface area contributed by atoms with E-state index in [9.17, 15) is 4.79 Å². The molecule has 0 aromatic carbocycles. The number of likely N-dealkylation sites (N-methyl/N-ethyl adjacent to an activating group) is 1. The number of carbonyl (C=O) groups excluding carboxylic acids is 1. The third-order valence-electron chi connectivity index (χ3n) is 6.17. The number of aromatic nitrogens is 2. The average molecular weight is 358 g/mol. The molecule has 1 aromatic rings. The van der Waals surface area contributed by atoms with Gasteiger partial charge in [0.25, 0.3) is 0 Å². The van der Waals surface area contributed by atoms with Gasteiger partial charge in [0.2, 0.25) is 5.91 Å². The van der Waals surface area contributed by atoms with Crippen molar-refractivity contribution in [3.8, 4) is 0 Å². The lowest BCUT2D eigenvalue weighted by atomic mass is 10.00. The number of piperidine rings is 1. The number of likely N-dealkylation sites (tertiary alicyclic amines) is 1. The van der Waals surface area contributed by atoms with Crippen LogP contribution in [0, 0.1) is 0 Å². The van der Waals surface area contributed by atoms with E-state index in [1.54, 1.807) is 6.92 Å². The van der Waals surface area contributed by atoms with Gasteiger partial charge in [0, 0.05) is 44.6 Å². The number of anilines is 1. The largest absolute Gasteiger partial charge is 0.367 e. The molecular formula is C20H31N5O. The lowest BCUT2D eigenvalue weighted by Crippen LogP contribution is -2.38. The van der Waals surface area contributed by atoms with Crippen molar-refractivity contribution in [3.63, 3.8) is 0 Å². The molecular weight excluding hydrogens is 326 g/mol. The Hall–Kier alpha value is -1.69. The van der Waals surface area contributed by atoms with Crippen LogP contribution in [0.25, 0.3) is 0 Å². The Kier molecular flexibility index (Phi) is 5.11. The Bertz CT molecular complexity index is 670. The highest BCUT2D eigenvalue weighted by atomic mass is 16.2. The van der Waals surface area contributed by atoms with E-state index in [0.29, 0.717) is 6.04 Å². The Morgan fingerprint density at radius 2 is 1.85 bits per heavy atom. The third-order valence-corrected chi connectivity index (χ3v) is 6.17. The molecule has 0 spiro atoms. The van der Waals surface area contributed by atoms with Crippen LogP contribution >= 0.6 is 0 Å². The molecule has 1 unspecified atom stereocenters. The molecule has 1 amide bonds. The number of fused-ring (bicyclic) bond motifs is 1. The van der Waals surface area contributed by atoms with Crippen LogP contribution in [-0.2, 0) is 17.8 Å². The van der Waals surface area contributed by atoms with E-state index in [0.717, 1.165) is 57.0 Å². The van der Waals surface area contributed by atoms with Crippen LogP contribution in [-0.4, -0.2) is 51.9 Å². The van der Waals surface area contributed by atoms with E-state index in [1.165, 1.54) is 36.9 Å². The third kappa shape index (κ3) is 3.56. The summed E-state index contributed by atoms with van der Waals surface area (Å²) in [5.41, 5.74) is 2.45. The summed E-state index contributed by atoms with van der Waals surface area (Å²) in [5, 5.41) is 3.73. The SMILES string of the molecule is CC(=O)N1CCCCC1c1nc2c(c(NC3CCCC3)n1)CN(C)CC2. The maximum absolute atomic E-state index is 12.1. The van der Waals surface area contributed by atoms with E-state index in [-0.39, 0.29) is 11.9 Å². The molecule has 3 aliphatic rings. The van der Waals surface area contributed by atoms with E-state index in [4.69, 9.17) is 9.97 Å². The topological polar surface area (TPSA) is 61.4 Å². The second-order valence-corrected chi connectivity index (χ2v) is 8.19. The summed E-state index contributed by atoms with van der Waals surface area (Å²) in [6.45, 7) is 4.44. The average Bonchev–Trinajstić information content (AvgIpc) is 3.15. The first-order valence-electron chi connectivity index (χ1n) is 10.2. The molecule has 2 aliphatic heterocycles. The van der Waals surface area contributed by atoms with E-state index < -0.39 is 0 Å². The second-order valence-electron chi connectivity index (χ2n) is 8.19. The van der Waals surface area contributed by atoms with Gasteiger partial charge in [-0.3, -0.25) is 4.79 Å². The normalized spacial score (nSPS) is 24.5. The number of hydrogen-bond acceptors (Lipinski definition) is 5. The molecule has 1 saturated carbocycles. The van der Waals surface area contributed by atoms with Crippen LogP contribution in [0.5, 0.6) is 0 Å². The van der Waals surface area contributed by atoms with Crippen LogP contribution in [0.15, 0.2) is 0 Å². The lowest BCUT2D eigenvalue weighted by molar-refractivity contribution is -0.132. The van der Waals surface area contributed by atoms with Crippen LogP contribution in [0.4, 0.5) is 5.82 Å². The fourth-order valence-corrected chi connectivity index (χ4v) is 4.68. The lowest BCUT2D eigenvalue weighted by Gasteiger charge is -2.35. The molecule has 3 heterocycles. The highest BCUT2D eigenvalue weighted by molar-refractivity contribution is 5.73. The monoisotopic (exact) mass is 357 g/mol. The van der Waals surface area contributed by atoms with Gasteiger partial charge in [-0.2, -0.15) is 0 Å². The van der Waals surface area contributed by atoms with Crippen LogP contribution < -0.4 is 5.32 Å². The minimum Gasteiger partial charge on any atom is -0.367 e. The van der Waals surface area contributed by atoms with Crippen LogP contribution in [0.2, 0.25) is 0 Å². The summed E-state index contributed by atoms with van der Waals surface area (Å²) >= 11 is 0. The van der Waals surface area contributed by atoms with Gasteiger partial charge in [-0.25, -0.2) is 9.97 Å². The second kappa shape index (κ2) is 7.51. The molecule has 1 atom stereocenters. The van der Waals surface area contributed by atoms with Crippen molar-refractivity contribution in [1.29, 1.82) is 0 Å². The number of nitrogens with one attached hydrogen (secondary N) is 1. The number of amides is 1. The quantitative estimate of drug-likeness (QED) is 0.901. The minimum absolute atomic E-state index is 0.0373. The van der Waals surface area contributed by atoms with Gasteiger partial charge < -0.3 is 15.1 Å². The number of carbonyl (C=O) groups is 1. The van der Waals surface area contributed by atoms with Crippen molar-refractivity contribution in [2.45, 2.75) is 76.9 Å². The molecule has 6 nitrogen and oxygen atoms in total. The first-order chi connectivity index (χ1) is 12.6. The maximum Gasteiger partial charge on any atom is 0.220 e. The van der Waals surface area contributed by atoms with Crippen LogP contribution in [0.1, 0.15) is 75.0 Å². The highest BCUT2D eigenvalue weighted by Gasteiger charge is 2.31. The summed E-state index contributed by atoms with van der Waals surface area (Å²) in [6.07, 6.45) is 9.23. The summed E-state index contributed by atoms with van der Waals surface area (Å²) in [6, 6.07) is 0.569. The van der Waals surface area contributed by atoms with Crippen molar-refractivity contribution in [1.82, 2.24) is 19.8 Å². The predicted molar refractivity (Wildman–Crippen MR) is 102 cm³/mol. The van der Waals surface area contributed by atoms with Gasteiger partial charge in [0.05, 0.1) is 11.7 Å². The fraction of sp³-hybridized carbons (Fsp3) is 0.750. The maximum atomic E-state index is 12.1. The molecule has 2 fully saturated rings. The molecule has 4 rings (SSSR count). The summed E-state index contributed by atoms with van der Waals surface area (Å²) < 4.78 is 0. The molecule has 1 aromatic heterocycles. The molecule has 0 bridgehead atoms. The fourth-order valence-electron chi connectivity index (χ4n) is 4.68. The molecule has 1 N–H and O–H groups in total. The highest BCUT2D eigenvalue weighted by Crippen LogP contribution is 2.33. The van der Waals surface area contributed by atoms with Gasteiger partial charge in [-0.15, -0.1) is 0 Å². The zero-order valence-electron chi connectivity index (χ0n) is 16.1. The van der Waals surface area contributed by atoms with Crippen molar-refractivity contribution < 1.29 is 4.79 Å². The summed E-state index contributed by atoms with van der Waals surface area (Å²) in [4.78, 5) is 26.4. The first kappa shape index (κ1) is 17.7. The van der Waals surface area contributed by atoms with E-state index in [1.807, 2.05) is 4.90 Å².